The van der Waals surface area contributed by atoms with Crippen LogP contribution in [0.5, 0.6) is 0 Å². The van der Waals surface area contributed by atoms with Gasteiger partial charge in [-0.05, 0) is 25.8 Å². The van der Waals surface area contributed by atoms with Crippen LogP contribution >= 0.6 is 0 Å². The van der Waals surface area contributed by atoms with Crippen molar-refractivity contribution < 1.29 is 9.21 Å². The minimum Gasteiger partial charge on any atom is -0.469 e. The Labute approximate surface area is 108 Å². The summed E-state index contributed by atoms with van der Waals surface area (Å²) in [5, 5.41) is 3.49. The lowest BCUT2D eigenvalue weighted by Gasteiger charge is -2.39. The number of hydrogen-bond donors (Lipinski definition) is 1. The van der Waals surface area contributed by atoms with Crippen molar-refractivity contribution >= 4 is 5.91 Å². The maximum Gasteiger partial charge on any atom is 0.257 e. The van der Waals surface area contributed by atoms with Gasteiger partial charge in [0.2, 0.25) is 0 Å². The molecule has 0 bridgehead atoms. The van der Waals surface area contributed by atoms with Gasteiger partial charge in [0.05, 0.1) is 5.56 Å². The predicted octanol–water partition coefficient (Wildman–Crippen LogP) is 2.19. The minimum absolute atomic E-state index is 0.0960. The Kier molecular flexibility index (Phi) is 4.07. The zero-order valence-electron chi connectivity index (χ0n) is 11.4. The fourth-order valence-corrected chi connectivity index (χ4v) is 2.47. The molecule has 2 atom stereocenters. The molecule has 2 heterocycles. The van der Waals surface area contributed by atoms with Crippen LogP contribution in [0.1, 0.15) is 42.8 Å². The van der Waals surface area contributed by atoms with E-state index in [4.69, 9.17) is 4.42 Å². The summed E-state index contributed by atoms with van der Waals surface area (Å²) in [6.45, 7) is 7.81. The van der Waals surface area contributed by atoms with Gasteiger partial charge < -0.3 is 14.6 Å². The van der Waals surface area contributed by atoms with E-state index in [0.29, 0.717) is 11.6 Å². The van der Waals surface area contributed by atoms with Gasteiger partial charge in [-0.25, -0.2) is 0 Å². The summed E-state index contributed by atoms with van der Waals surface area (Å²) in [6, 6.07) is 2.51. The SMILES string of the molecule is CCC1CN(C(=O)c2coc(C)c2)C(CC)CN1. The third-order valence-corrected chi connectivity index (χ3v) is 3.70. The van der Waals surface area contributed by atoms with Gasteiger partial charge in [-0.3, -0.25) is 4.79 Å². The van der Waals surface area contributed by atoms with Gasteiger partial charge in [-0.1, -0.05) is 13.8 Å². The number of furan rings is 1. The Balaban J connectivity index is 2.14. The summed E-state index contributed by atoms with van der Waals surface area (Å²) >= 11 is 0. The van der Waals surface area contributed by atoms with Crippen LogP contribution in [-0.2, 0) is 0 Å². The molecule has 0 aromatic carbocycles. The van der Waals surface area contributed by atoms with E-state index >= 15 is 0 Å². The summed E-state index contributed by atoms with van der Waals surface area (Å²) in [5.41, 5.74) is 0.669. The molecule has 4 heteroatoms. The Morgan fingerprint density at radius 3 is 2.83 bits per heavy atom. The van der Waals surface area contributed by atoms with Gasteiger partial charge in [-0.15, -0.1) is 0 Å². The first-order valence-corrected chi connectivity index (χ1v) is 6.75. The second-order valence-electron chi connectivity index (χ2n) is 4.98. The third-order valence-electron chi connectivity index (χ3n) is 3.70. The molecule has 2 unspecified atom stereocenters. The number of amides is 1. The second-order valence-corrected chi connectivity index (χ2v) is 4.98. The number of rotatable bonds is 3. The van der Waals surface area contributed by atoms with Crippen molar-refractivity contribution in [2.75, 3.05) is 13.1 Å². The molecule has 0 aliphatic carbocycles. The molecule has 0 saturated carbocycles. The molecule has 1 aromatic rings. The van der Waals surface area contributed by atoms with E-state index in [1.807, 2.05) is 17.9 Å². The molecule has 1 fully saturated rings. The highest BCUT2D eigenvalue weighted by Crippen LogP contribution is 2.17. The Hall–Kier alpha value is -1.29. The lowest BCUT2D eigenvalue weighted by molar-refractivity contribution is 0.0575. The molecule has 4 nitrogen and oxygen atoms in total. The molecule has 1 aliphatic heterocycles. The summed E-state index contributed by atoms with van der Waals surface area (Å²) in [4.78, 5) is 14.5. The molecule has 18 heavy (non-hydrogen) atoms. The number of nitrogens with zero attached hydrogens (tertiary/aromatic N) is 1. The molecule has 1 amide bonds. The number of piperazine rings is 1. The van der Waals surface area contributed by atoms with Crippen molar-refractivity contribution in [2.24, 2.45) is 0 Å². The summed E-state index contributed by atoms with van der Waals surface area (Å²) < 4.78 is 5.24. The van der Waals surface area contributed by atoms with Crippen LogP contribution < -0.4 is 5.32 Å². The molecular weight excluding hydrogens is 228 g/mol. The molecule has 100 valence electrons. The normalized spacial score (nSPS) is 24.3. The first kappa shape index (κ1) is 13.1. The van der Waals surface area contributed by atoms with Gasteiger partial charge in [0.1, 0.15) is 12.0 Å². The molecule has 1 aliphatic rings. The quantitative estimate of drug-likeness (QED) is 0.894. The minimum atomic E-state index is 0.0960. The zero-order valence-corrected chi connectivity index (χ0v) is 11.4. The molecular formula is C14H22N2O2. The highest BCUT2D eigenvalue weighted by atomic mass is 16.3. The van der Waals surface area contributed by atoms with Crippen molar-refractivity contribution in [3.63, 3.8) is 0 Å². The van der Waals surface area contributed by atoms with Crippen LogP contribution in [0.15, 0.2) is 16.7 Å². The van der Waals surface area contributed by atoms with E-state index in [-0.39, 0.29) is 11.9 Å². The Morgan fingerprint density at radius 1 is 1.50 bits per heavy atom. The smallest absolute Gasteiger partial charge is 0.257 e. The fraction of sp³-hybridized carbons (Fsp3) is 0.643. The van der Waals surface area contributed by atoms with E-state index in [1.54, 1.807) is 6.26 Å². The van der Waals surface area contributed by atoms with Gasteiger partial charge in [0, 0.05) is 25.2 Å². The predicted molar refractivity (Wildman–Crippen MR) is 70.6 cm³/mol. The van der Waals surface area contributed by atoms with Gasteiger partial charge >= 0.3 is 0 Å². The molecule has 1 saturated heterocycles. The number of aryl methyl sites for hydroxylation is 1. The Morgan fingerprint density at radius 2 is 2.28 bits per heavy atom. The number of nitrogens with one attached hydrogen (secondary N) is 1. The van der Waals surface area contributed by atoms with E-state index in [1.165, 1.54) is 0 Å². The van der Waals surface area contributed by atoms with Crippen LogP contribution in [0.3, 0.4) is 0 Å². The molecule has 0 spiro atoms. The van der Waals surface area contributed by atoms with E-state index < -0.39 is 0 Å². The van der Waals surface area contributed by atoms with Gasteiger partial charge in [0.25, 0.3) is 5.91 Å². The van der Waals surface area contributed by atoms with Crippen molar-refractivity contribution in [2.45, 2.75) is 45.7 Å². The number of carbonyl (C=O) groups excluding carboxylic acids is 1. The van der Waals surface area contributed by atoms with Gasteiger partial charge in [-0.2, -0.15) is 0 Å². The maximum absolute atomic E-state index is 12.5. The first-order valence-electron chi connectivity index (χ1n) is 6.75. The highest BCUT2D eigenvalue weighted by Gasteiger charge is 2.30. The average Bonchev–Trinajstić information content (AvgIpc) is 2.83. The largest absolute Gasteiger partial charge is 0.469 e. The van der Waals surface area contributed by atoms with Crippen LogP contribution in [0, 0.1) is 6.92 Å². The molecule has 2 rings (SSSR count). The monoisotopic (exact) mass is 250 g/mol. The lowest BCUT2D eigenvalue weighted by atomic mass is 10.0. The zero-order chi connectivity index (χ0) is 13.1. The van der Waals surface area contributed by atoms with E-state index in [0.717, 1.165) is 31.7 Å². The van der Waals surface area contributed by atoms with Crippen LogP contribution in [0.25, 0.3) is 0 Å². The summed E-state index contributed by atoms with van der Waals surface area (Å²) in [6.07, 6.45) is 3.59. The van der Waals surface area contributed by atoms with E-state index in [9.17, 15) is 4.79 Å². The molecule has 1 aromatic heterocycles. The molecule has 0 radical (unpaired) electrons. The summed E-state index contributed by atoms with van der Waals surface area (Å²) in [7, 11) is 0. The maximum atomic E-state index is 12.5. The van der Waals surface area contributed by atoms with E-state index in [2.05, 4.69) is 19.2 Å². The van der Waals surface area contributed by atoms with Crippen molar-refractivity contribution in [3.8, 4) is 0 Å². The number of carbonyl (C=O) groups is 1. The number of hydrogen-bond acceptors (Lipinski definition) is 3. The van der Waals surface area contributed by atoms with Crippen LogP contribution in [-0.4, -0.2) is 36.0 Å². The van der Waals surface area contributed by atoms with Crippen molar-refractivity contribution in [1.82, 2.24) is 10.2 Å². The third kappa shape index (κ3) is 2.58. The highest BCUT2D eigenvalue weighted by molar-refractivity contribution is 5.94. The standard InChI is InChI=1S/C14H22N2O2/c1-4-12-8-16(13(5-2)7-15-12)14(17)11-6-10(3)18-9-11/h6,9,12-13,15H,4-5,7-8H2,1-3H3. The fourth-order valence-electron chi connectivity index (χ4n) is 2.47. The topological polar surface area (TPSA) is 45.5 Å². The summed E-state index contributed by atoms with van der Waals surface area (Å²) in [5.74, 6) is 0.882. The molecule has 1 N–H and O–H groups in total. The van der Waals surface area contributed by atoms with Crippen molar-refractivity contribution in [1.29, 1.82) is 0 Å². The van der Waals surface area contributed by atoms with Crippen LogP contribution in [0.4, 0.5) is 0 Å². The van der Waals surface area contributed by atoms with Crippen molar-refractivity contribution in [3.05, 3.63) is 23.7 Å². The van der Waals surface area contributed by atoms with Crippen LogP contribution in [0.2, 0.25) is 0 Å². The van der Waals surface area contributed by atoms with Gasteiger partial charge in [0.15, 0.2) is 0 Å². The average molecular weight is 250 g/mol. The Bertz CT molecular complexity index is 414. The first-order chi connectivity index (χ1) is 8.65. The second kappa shape index (κ2) is 5.57. The lowest BCUT2D eigenvalue weighted by Crippen LogP contribution is -2.57.